The van der Waals surface area contributed by atoms with E-state index in [1.807, 2.05) is 48.6 Å². The van der Waals surface area contributed by atoms with Crippen LogP contribution >= 0.6 is 0 Å². The topological polar surface area (TPSA) is 106 Å². The van der Waals surface area contributed by atoms with Gasteiger partial charge in [0.1, 0.15) is 0 Å². The van der Waals surface area contributed by atoms with Crippen molar-refractivity contribution in [2.45, 2.75) is 0 Å². The maximum atomic E-state index is 10.6. The summed E-state index contributed by atoms with van der Waals surface area (Å²) in [7, 11) is 0. The van der Waals surface area contributed by atoms with Crippen molar-refractivity contribution >= 4 is 36.2 Å². The van der Waals surface area contributed by atoms with Crippen molar-refractivity contribution in [2.24, 2.45) is 0 Å². The molecule has 0 N–H and O–H groups in total. The van der Waals surface area contributed by atoms with Crippen LogP contribution in [-0.4, -0.2) is 21.9 Å². The van der Waals surface area contributed by atoms with E-state index >= 15 is 0 Å². The Morgan fingerprint density at radius 1 is 0.486 bits per heavy atom. The Kier molecular flexibility index (Phi) is 10.9. The molecule has 0 saturated heterocycles. The molecular weight excluding hydrogens is 494 g/mol. The third kappa shape index (κ3) is 9.28. The van der Waals surface area contributed by atoms with Crippen molar-refractivity contribution in [3.8, 4) is 0 Å². The molecule has 0 radical (unpaired) electrons. The van der Waals surface area contributed by atoms with Gasteiger partial charge < -0.3 is 19.8 Å². The second-order valence-electron chi connectivity index (χ2n) is 7.05. The first-order valence-corrected chi connectivity index (χ1v) is 10.3. The van der Waals surface area contributed by atoms with Gasteiger partial charge in [0, 0.05) is 24.8 Å². The Labute approximate surface area is 216 Å². The molecule has 0 aliphatic rings. The van der Waals surface area contributed by atoms with Gasteiger partial charge in [0.15, 0.2) is 0 Å². The summed E-state index contributed by atoms with van der Waals surface area (Å²) in [6.07, 6.45) is 14.6. The van der Waals surface area contributed by atoms with Gasteiger partial charge in [-0.25, -0.2) is 0 Å². The minimum Gasteiger partial charge on any atom is -0.545 e. The molecule has 0 amide bonds. The monoisotopic (exact) mass is 512 g/mol. The van der Waals surface area contributed by atoms with Gasteiger partial charge in [-0.3, -0.25) is 9.97 Å². The third-order valence-corrected chi connectivity index (χ3v) is 4.64. The number of carboxylic acid groups (broad SMARTS) is 2. The van der Waals surface area contributed by atoms with Gasteiger partial charge in [0.05, 0.1) is 11.9 Å². The van der Waals surface area contributed by atoms with Crippen molar-refractivity contribution in [1.29, 1.82) is 0 Å². The standard InChI is InChI=1S/2C14H11NO2.Zn/c2*16-14(17)13-5-3-11(4-6-13)1-2-12-7-9-15-10-8-12;/h2*1-10H,(H,16,17);/q;;+2/p-2/b2*2-1+;. The second-order valence-corrected chi connectivity index (χ2v) is 7.05. The maximum Gasteiger partial charge on any atom is 2.00 e. The first-order chi connectivity index (χ1) is 16.5. The van der Waals surface area contributed by atoms with Crippen molar-refractivity contribution < 1.29 is 39.3 Å². The molecule has 2 heterocycles. The number of nitrogens with zero attached hydrogens (tertiary/aromatic N) is 2. The van der Waals surface area contributed by atoms with Crippen LogP contribution in [0.1, 0.15) is 43.0 Å². The zero-order valence-corrected chi connectivity index (χ0v) is 21.7. The number of aromatic nitrogens is 2. The number of hydrogen-bond acceptors (Lipinski definition) is 6. The summed E-state index contributed by atoms with van der Waals surface area (Å²) in [5.74, 6) is -2.32. The Bertz CT molecular complexity index is 1170. The van der Waals surface area contributed by atoms with E-state index in [0.29, 0.717) is 0 Å². The van der Waals surface area contributed by atoms with Crippen LogP contribution in [0, 0.1) is 0 Å². The fourth-order valence-corrected chi connectivity index (χ4v) is 2.79. The van der Waals surface area contributed by atoms with Gasteiger partial charge in [-0.15, -0.1) is 0 Å². The molecule has 6 nitrogen and oxygen atoms in total. The van der Waals surface area contributed by atoms with Crippen molar-refractivity contribution in [3.05, 3.63) is 131 Å². The van der Waals surface area contributed by atoms with Gasteiger partial charge in [-0.1, -0.05) is 72.8 Å². The number of carbonyl (C=O) groups is 2. The first kappa shape index (κ1) is 27.0. The molecule has 2 aromatic heterocycles. The zero-order chi connectivity index (χ0) is 24.2. The molecule has 168 valence electrons. The van der Waals surface area contributed by atoms with Crippen molar-refractivity contribution in [3.63, 3.8) is 0 Å². The molecule has 0 bridgehead atoms. The van der Waals surface area contributed by atoms with Crippen LogP contribution in [0.4, 0.5) is 0 Å². The molecule has 0 spiro atoms. The van der Waals surface area contributed by atoms with Crippen molar-refractivity contribution in [2.75, 3.05) is 0 Å². The number of rotatable bonds is 6. The average molecular weight is 514 g/mol. The molecule has 2 aromatic carbocycles. The van der Waals surface area contributed by atoms with Crippen LogP contribution in [0.25, 0.3) is 24.3 Å². The fourth-order valence-electron chi connectivity index (χ4n) is 2.79. The van der Waals surface area contributed by atoms with E-state index in [1.54, 1.807) is 49.1 Å². The van der Waals surface area contributed by atoms with E-state index in [4.69, 9.17) is 0 Å². The molecule has 0 fully saturated rings. The normalized spacial score (nSPS) is 10.3. The second kappa shape index (κ2) is 14.1. The van der Waals surface area contributed by atoms with Gasteiger partial charge >= 0.3 is 19.5 Å². The Morgan fingerprint density at radius 3 is 1.00 bits per heavy atom. The molecule has 0 atom stereocenters. The summed E-state index contributed by atoms with van der Waals surface area (Å²) in [5.41, 5.74) is 4.34. The Morgan fingerprint density at radius 2 is 0.743 bits per heavy atom. The zero-order valence-electron chi connectivity index (χ0n) is 18.8. The molecule has 4 rings (SSSR count). The van der Waals surface area contributed by atoms with Gasteiger partial charge in [-0.2, -0.15) is 0 Å². The smallest absolute Gasteiger partial charge is 0.545 e. The van der Waals surface area contributed by atoms with E-state index in [9.17, 15) is 19.8 Å². The summed E-state index contributed by atoms with van der Waals surface area (Å²) in [6.45, 7) is 0. The Balaban J connectivity index is 0.000000240. The summed E-state index contributed by atoms with van der Waals surface area (Å²) in [5, 5.41) is 21.1. The van der Waals surface area contributed by atoms with E-state index in [-0.39, 0.29) is 30.6 Å². The fraction of sp³-hybridized carbons (Fsp3) is 0. The first-order valence-electron chi connectivity index (χ1n) is 10.3. The average Bonchev–Trinajstić information content (AvgIpc) is 2.88. The largest absolute Gasteiger partial charge is 2.00 e. The van der Waals surface area contributed by atoms with Crippen LogP contribution in [-0.2, 0) is 19.5 Å². The van der Waals surface area contributed by atoms with Gasteiger partial charge in [0.25, 0.3) is 0 Å². The van der Waals surface area contributed by atoms with Crippen LogP contribution in [0.3, 0.4) is 0 Å². The number of benzene rings is 2. The predicted molar refractivity (Wildman–Crippen MR) is 128 cm³/mol. The minimum absolute atomic E-state index is 0. The quantitative estimate of drug-likeness (QED) is 0.366. The van der Waals surface area contributed by atoms with Crippen LogP contribution in [0.5, 0.6) is 0 Å². The van der Waals surface area contributed by atoms with Gasteiger partial charge in [-0.05, 0) is 57.6 Å². The number of carboxylic acids is 2. The van der Waals surface area contributed by atoms with Gasteiger partial charge in [0.2, 0.25) is 0 Å². The SMILES string of the molecule is O=C([O-])c1ccc(/C=C/c2ccncc2)cc1.O=C([O-])c1ccc(/C=C/c2ccncc2)cc1.[Zn+2]. The molecule has 0 aliphatic carbocycles. The molecule has 4 aromatic rings. The van der Waals surface area contributed by atoms with E-state index in [0.717, 1.165) is 22.3 Å². The number of aromatic carboxylic acids is 2. The predicted octanol–water partition coefficient (Wildman–Crippen LogP) is 3.23. The molecule has 7 heteroatoms. The van der Waals surface area contributed by atoms with Crippen LogP contribution in [0.15, 0.2) is 97.6 Å². The summed E-state index contributed by atoms with van der Waals surface area (Å²) < 4.78 is 0. The maximum absolute atomic E-state index is 10.6. The van der Waals surface area contributed by atoms with E-state index in [2.05, 4.69) is 9.97 Å². The van der Waals surface area contributed by atoms with Crippen LogP contribution in [0.2, 0.25) is 0 Å². The van der Waals surface area contributed by atoms with Crippen LogP contribution < -0.4 is 10.2 Å². The third-order valence-electron chi connectivity index (χ3n) is 4.64. The molecule has 0 aliphatic heterocycles. The summed E-state index contributed by atoms with van der Waals surface area (Å²) in [4.78, 5) is 29.0. The molecular formula is C28H20N2O4Zn. The Hall–Kier alpha value is -4.22. The summed E-state index contributed by atoms with van der Waals surface area (Å²) >= 11 is 0. The number of hydrogen-bond donors (Lipinski definition) is 0. The molecule has 0 unspecified atom stereocenters. The molecule has 0 saturated carbocycles. The van der Waals surface area contributed by atoms with E-state index < -0.39 is 11.9 Å². The number of pyridine rings is 2. The number of carbonyl (C=O) groups excluding carboxylic acids is 2. The molecule has 35 heavy (non-hydrogen) atoms. The van der Waals surface area contributed by atoms with E-state index in [1.165, 1.54) is 24.3 Å². The minimum atomic E-state index is -1.16. The summed E-state index contributed by atoms with van der Waals surface area (Å²) in [6, 6.07) is 20.7. The van der Waals surface area contributed by atoms with Crippen molar-refractivity contribution in [1.82, 2.24) is 9.97 Å².